The van der Waals surface area contributed by atoms with Crippen molar-refractivity contribution in [1.82, 2.24) is 10.6 Å². The monoisotopic (exact) mass is 248 g/mol. The summed E-state index contributed by atoms with van der Waals surface area (Å²) < 4.78 is 4.84. The van der Waals surface area contributed by atoms with Crippen LogP contribution in [0.25, 0.3) is 0 Å². The van der Waals surface area contributed by atoms with Gasteiger partial charge in [0, 0.05) is 26.6 Å². The van der Waals surface area contributed by atoms with E-state index in [-0.39, 0.29) is 5.91 Å². The third kappa shape index (κ3) is 11.8. The van der Waals surface area contributed by atoms with Gasteiger partial charge in [-0.2, -0.15) is 11.8 Å². The molecule has 1 amide bonds. The molecule has 0 saturated carbocycles. The van der Waals surface area contributed by atoms with E-state index < -0.39 is 0 Å². The second kappa shape index (κ2) is 12.8. The quantitative estimate of drug-likeness (QED) is 0.533. The molecule has 0 aliphatic heterocycles. The Morgan fingerprint density at radius 2 is 2.06 bits per heavy atom. The number of carbonyl (C=O) groups excluding carboxylic acids is 1. The third-order valence-electron chi connectivity index (χ3n) is 2.11. The molecular weight excluding hydrogens is 224 g/mol. The van der Waals surface area contributed by atoms with E-state index in [1.54, 1.807) is 7.11 Å². The minimum Gasteiger partial charge on any atom is -0.383 e. The maximum absolute atomic E-state index is 11.2. The Bertz CT molecular complexity index is 168. The molecule has 0 spiro atoms. The zero-order chi connectivity index (χ0) is 12.1. The molecule has 4 nitrogen and oxygen atoms in total. The fraction of sp³-hybridized carbons (Fsp3) is 0.909. The van der Waals surface area contributed by atoms with Crippen molar-refractivity contribution >= 4 is 17.7 Å². The average molecular weight is 248 g/mol. The van der Waals surface area contributed by atoms with Gasteiger partial charge in [0.15, 0.2) is 0 Å². The lowest BCUT2D eigenvalue weighted by atomic mass is 10.3. The highest BCUT2D eigenvalue weighted by Gasteiger charge is 1.98. The minimum atomic E-state index is 0.0914. The second-order valence-electron chi connectivity index (χ2n) is 3.54. The number of nitrogens with one attached hydrogen (secondary N) is 2. The van der Waals surface area contributed by atoms with Crippen LogP contribution in [-0.4, -0.2) is 51.3 Å². The Morgan fingerprint density at radius 1 is 1.25 bits per heavy atom. The summed E-state index contributed by atoms with van der Waals surface area (Å²) in [6.45, 7) is 2.95. The molecule has 0 fully saturated rings. The van der Waals surface area contributed by atoms with Crippen molar-refractivity contribution in [3.05, 3.63) is 0 Å². The maximum atomic E-state index is 11.2. The highest BCUT2D eigenvalue weighted by Crippen LogP contribution is 1.97. The normalized spacial score (nSPS) is 10.4. The van der Waals surface area contributed by atoms with Gasteiger partial charge < -0.3 is 15.4 Å². The molecule has 0 aromatic carbocycles. The number of carbonyl (C=O) groups is 1. The van der Waals surface area contributed by atoms with E-state index in [0.717, 1.165) is 13.1 Å². The van der Waals surface area contributed by atoms with E-state index in [2.05, 4.69) is 16.9 Å². The number of methoxy groups -OCH3 is 1. The summed E-state index contributed by atoms with van der Waals surface area (Å²) in [7, 11) is 1.63. The van der Waals surface area contributed by atoms with Gasteiger partial charge >= 0.3 is 0 Å². The molecule has 0 radical (unpaired) electrons. The number of unbranched alkanes of at least 4 members (excludes halogenated alkanes) is 1. The van der Waals surface area contributed by atoms with Crippen molar-refractivity contribution in [2.75, 3.05) is 45.4 Å². The molecule has 0 unspecified atom stereocenters. The lowest BCUT2D eigenvalue weighted by molar-refractivity contribution is -0.121. The standard InChI is InChI=1S/C11H24N2O2S/c1-15-9-8-13-11(14)5-7-12-6-3-4-10-16-2/h12H,3-10H2,1-2H3,(H,13,14). The lowest BCUT2D eigenvalue weighted by Gasteiger charge is -2.05. The van der Waals surface area contributed by atoms with Crippen molar-refractivity contribution in [2.45, 2.75) is 19.3 Å². The van der Waals surface area contributed by atoms with Gasteiger partial charge in [-0.3, -0.25) is 4.79 Å². The Kier molecular flexibility index (Phi) is 12.6. The summed E-state index contributed by atoms with van der Waals surface area (Å²) in [5, 5.41) is 6.05. The molecule has 16 heavy (non-hydrogen) atoms. The number of amides is 1. The van der Waals surface area contributed by atoms with Gasteiger partial charge in [-0.1, -0.05) is 0 Å². The van der Waals surface area contributed by atoms with Gasteiger partial charge in [0.2, 0.25) is 5.91 Å². The summed E-state index contributed by atoms with van der Waals surface area (Å²) in [5.74, 6) is 1.31. The van der Waals surface area contributed by atoms with Gasteiger partial charge in [0.1, 0.15) is 0 Å². The number of ether oxygens (including phenoxy) is 1. The van der Waals surface area contributed by atoms with Crippen LogP contribution < -0.4 is 10.6 Å². The van der Waals surface area contributed by atoms with Crippen molar-refractivity contribution in [3.8, 4) is 0 Å². The van der Waals surface area contributed by atoms with Gasteiger partial charge in [0.25, 0.3) is 0 Å². The first kappa shape index (κ1) is 15.7. The van der Waals surface area contributed by atoms with E-state index in [9.17, 15) is 4.79 Å². The van der Waals surface area contributed by atoms with Crippen molar-refractivity contribution < 1.29 is 9.53 Å². The van der Waals surface area contributed by atoms with Crippen molar-refractivity contribution in [1.29, 1.82) is 0 Å². The molecule has 0 heterocycles. The predicted octanol–water partition coefficient (Wildman–Crippen LogP) is 0.872. The number of hydrogen-bond donors (Lipinski definition) is 2. The molecule has 5 heteroatoms. The molecular formula is C11H24N2O2S. The second-order valence-corrected chi connectivity index (χ2v) is 4.53. The number of rotatable bonds is 11. The van der Waals surface area contributed by atoms with Crippen LogP contribution in [0.5, 0.6) is 0 Å². The molecule has 0 aliphatic carbocycles. The lowest BCUT2D eigenvalue weighted by Crippen LogP contribution is -2.30. The summed E-state index contributed by atoms with van der Waals surface area (Å²) in [5.41, 5.74) is 0. The van der Waals surface area contributed by atoms with Crippen LogP contribution >= 0.6 is 11.8 Å². The molecule has 0 aromatic rings. The zero-order valence-electron chi connectivity index (χ0n) is 10.4. The van der Waals surface area contributed by atoms with Crippen LogP contribution in [0.3, 0.4) is 0 Å². The highest BCUT2D eigenvalue weighted by molar-refractivity contribution is 7.98. The fourth-order valence-corrected chi connectivity index (χ4v) is 1.70. The van der Waals surface area contributed by atoms with E-state index >= 15 is 0 Å². The Morgan fingerprint density at radius 3 is 2.75 bits per heavy atom. The Labute approximate surface area is 103 Å². The van der Waals surface area contributed by atoms with Crippen LogP contribution in [0.4, 0.5) is 0 Å². The van der Waals surface area contributed by atoms with Gasteiger partial charge in [-0.05, 0) is 31.4 Å². The third-order valence-corrected chi connectivity index (χ3v) is 2.81. The predicted molar refractivity (Wildman–Crippen MR) is 70.0 cm³/mol. The first-order chi connectivity index (χ1) is 7.81. The SMILES string of the molecule is COCCNC(=O)CCNCCCCSC. The van der Waals surface area contributed by atoms with Gasteiger partial charge in [-0.25, -0.2) is 0 Å². The molecule has 2 N–H and O–H groups in total. The molecule has 0 aromatic heterocycles. The molecule has 0 bridgehead atoms. The van der Waals surface area contributed by atoms with E-state index in [4.69, 9.17) is 4.74 Å². The van der Waals surface area contributed by atoms with Crippen LogP contribution in [0.15, 0.2) is 0 Å². The minimum absolute atomic E-state index is 0.0914. The topological polar surface area (TPSA) is 50.4 Å². The number of thioether (sulfide) groups is 1. The van der Waals surface area contributed by atoms with Gasteiger partial charge in [0.05, 0.1) is 6.61 Å². The molecule has 0 aliphatic rings. The Hall–Kier alpha value is -0.260. The average Bonchev–Trinajstić information content (AvgIpc) is 2.28. The molecule has 0 atom stereocenters. The van der Waals surface area contributed by atoms with Crippen LogP contribution in [0.2, 0.25) is 0 Å². The van der Waals surface area contributed by atoms with Crippen molar-refractivity contribution in [3.63, 3.8) is 0 Å². The molecule has 96 valence electrons. The highest BCUT2D eigenvalue weighted by atomic mass is 32.2. The summed E-state index contributed by atoms with van der Waals surface area (Å²) >= 11 is 1.88. The molecule has 0 saturated heterocycles. The number of hydrogen-bond acceptors (Lipinski definition) is 4. The maximum Gasteiger partial charge on any atom is 0.221 e. The van der Waals surface area contributed by atoms with Crippen molar-refractivity contribution in [2.24, 2.45) is 0 Å². The van der Waals surface area contributed by atoms with Crippen LogP contribution in [0, 0.1) is 0 Å². The first-order valence-electron chi connectivity index (χ1n) is 5.76. The fourth-order valence-electron chi connectivity index (χ4n) is 1.20. The van der Waals surface area contributed by atoms with E-state index in [0.29, 0.717) is 19.6 Å². The molecule has 0 rings (SSSR count). The van der Waals surface area contributed by atoms with Crippen LogP contribution in [-0.2, 0) is 9.53 Å². The summed E-state index contributed by atoms with van der Waals surface area (Å²) in [6.07, 6.45) is 5.10. The van der Waals surface area contributed by atoms with Crippen LogP contribution in [0.1, 0.15) is 19.3 Å². The van der Waals surface area contributed by atoms with E-state index in [1.165, 1.54) is 18.6 Å². The largest absolute Gasteiger partial charge is 0.383 e. The summed E-state index contributed by atoms with van der Waals surface area (Å²) in [4.78, 5) is 11.2. The zero-order valence-corrected chi connectivity index (χ0v) is 11.2. The smallest absolute Gasteiger partial charge is 0.221 e. The van der Waals surface area contributed by atoms with Gasteiger partial charge in [-0.15, -0.1) is 0 Å². The first-order valence-corrected chi connectivity index (χ1v) is 7.16. The van der Waals surface area contributed by atoms with E-state index in [1.807, 2.05) is 11.8 Å². The summed E-state index contributed by atoms with van der Waals surface area (Å²) in [6, 6.07) is 0. The Balaban J connectivity index is 3.09.